The highest BCUT2D eigenvalue weighted by atomic mass is 35.5. The number of nitrogens with one attached hydrogen (secondary N) is 1. The molecule has 0 aromatic heterocycles. The third kappa shape index (κ3) is 5.73. The van der Waals surface area contributed by atoms with Crippen LogP contribution in [0.3, 0.4) is 0 Å². The Morgan fingerprint density at radius 2 is 1.57 bits per heavy atom. The summed E-state index contributed by atoms with van der Waals surface area (Å²) < 4.78 is 10.9. The SMILES string of the molecule is CCc1cccc(CC)c1NC(=O)COC(=O)C(C)(C)Oc1ccc(Cl)cc1. The number of ether oxygens (including phenoxy) is 2. The molecule has 0 heterocycles. The van der Waals surface area contributed by atoms with E-state index in [9.17, 15) is 9.59 Å². The zero-order valence-corrected chi connectivity index (χ0v) is 17.4. The van der Waals surface area contributed by atoms with Gasteiger partial charge in [-0.05, 0) is 62.1 Å². The second-order valence-corrected chi connectivity index (χ2v) is 7.29. The number of rotatable bonds is 8. The van der Waals surface area contributed by atoms with Gasteiger partial charge in [0.15, 0.2) is 12.2 Å². The Labute approximate surface area is 171 Å². The van der Waals surface area contributed by atoms with Gasteiger partial charge in [-0.3, -0.25) is 4.79 Å². The number of carbonyl (C=O) groups excluding carboxylic acids is 2. The summed E-state index contributed by atoms with van der Waals surface area (Å²) in [5, 5.41) is 3.44. The number of hydrogen-bond donors (Lipinski definition) is 1. The summed E-state index contributed by atoms with van der Waals surface area (Å²) in [6.45, 7) is 6.85. The molecule has 0 aliphatic rings. The molecular weight excluding hydrogens is 378 g/mol. The predicted molar refractivity (Wildman–Crippen MR) is 111 cm³/mol. The van der Waals surface area contributed by atoms with Gasteiger partial charge in [0, 0.05) is 10.7 Å². The van der Waals surface area contributed by atoms with Crippen LogP contribution in [0.4, 0.5) is 5.69 Å². The molecule has 2 aromatic rings. The van der Waals surface area contributed by atoms with Gasteiger partial charge in [0.2, 0.25) is 0 Å². The molecule has 0 bridgehead atoms. The first-order chi connectivity index (χ1) is 13.3. The number of benzene rings is 2. The maximum atomic E-state index is 12.4. The second kappa shape index (κ2) is 9.60. The highest BCUT2D eigenvalue weighted by molar-refractivity contribution is 6.30. The van der Waals surface area contributed by atoms with E-state index in [1.165, 1.54) is 0 Å². The van der Waals surface area contributed by atoms with Gasteiger partial charge in [0.25, 0.3) is 5.91 Å². The fraction of sp³-hybridized carbons (Fsp3) is 0.364. The molecule has 0 fully saturated rings. The van der Waals surface area contributed by atoms with E-state index in [1.54, 1.807) is 38.1 Å². The van der Waals surface area contributed by atoms with E-state index in [4.69, 9.17) is 21.1 Å². The molecular formula is C22H26ClNO4. The van der Waals surface area contributed by atoms with Crippen LogP contribution in [0.1, 0.15) is 38.8 Å². The van der Waals surface area contributed by atoms with Crippen LogP contribution < -0.4 is 10.1 Å². The van der Waals surface area contributed by atoms with Gasteiger partial charge >= 0.3 is 5.97 Å². The minimum Gasteiger partial charge on any atom is -0.476 e. The Balaban J connectivity index is 1.96. The quantitative estimate of drug-likeness (QED) is 0.643. The Bertz CT molecular complexity index is 809. The maximum Gasteiger partial charge on any atom is 0.350 e. The lowest BCUT2D eigenvalue weighted by Crippen LogP contribution is -2.41. The molecule has 0 atom stereocenters. The molecule has 6 heteroatoms. The van der Waals surface area contributed by atoms with Gasteiger partial charge in [-0.2, -0.15) is 0 Å². The van der Waals surface area contributed by atoms with Crippen LogP contribution >= 0.6 is 11.6 Å². The fourth-order valence-corrected chi connectivity index (χ4v) is 2.85. The lowest BCUT2D eigenvalue weighted by molar-refractivity contribution is -0.161. The van der Waals surface area contributed by atoms with Crippen molar-refractivity contribution in [2.24, 2.45) is 0 Å². The minimum atomic E-state index is -1.25. The van der Waals surface area contributed by atoms with Crippen molar-refractivity contribution in [3.8, 4) is 5.75 Å². The van der Waals surface area contributed by atoms with Crippen molar-refractivity contribution in [3.05, 3.63) is 58.6 Å². The highest BCUT2D eigenvalue weighted by Crippen LogP contribution is 2.23. The monoisotopic (exact) mass is 403 g/mol. The molecule has 0 saturated carbocycles. The lowest BCUT2D eigenvalue weighted by atomic mass is 10.0. The van der Waals surface area contributed by atoms with Gasteiger partial charge in [0.05, 0.1) is 0 Å². The molecule has 28 heavy (non-hydrogen) atoms. The largest absolute Gasteiger partial charge is 0.476 e. The molecule has 1 amide bonds. The second-order valence-electron chi connectivity index (χ2n) is 6.85. The van der Waals surface area contributed by atoms with Gasteiger partial charge in [-0.1, -0.05) is 43.6 Å². The molecule has 0 aliphatic carbocycles. The van der Waals surface area contributed by atoms with Crippen LogP contribution in [0.5, 0.6) is 5.75 Å². The third-order valence-corrected chi connectivity index (χ3v) is 4.53. The average molecular weight is 404 g/mol. The number of para-hydroxylation sites is 1. The van der Waals surface area contributed by atoms with Crippen molar-refractivity contribution in [3.63, 3.8) is 0 Å². The van der Waals surface area contributed by atoms with Crippen molar-refractivity contribution >= 4 is 29.2 Å². The van der Waals surface area contributed by atoms with Crippen LogP contribution in [-0.2, 0) is 27.2 Å². The van der Waals surface area contributed by atoms with Gasteiger partial charge in [0.1, 0.15) is 5.75 Å². The van der Waals surface area contributed by atoms with Gasteiger partial charge in [-0.15, -0.1) is 0 Å². The summed E-state index contributed by atoms with van der Waals surface area (Å²) >= 11 is 5.85. The van der Waals surface area contributed by atoms with Crippen molar-refractivity contribution in [1.82, 2.24) is 0 Å². The molecule has 0 aliphatic heterocycles. The zero-order chi connectivity index (χ0) is 20.7. The molecule has 0 spiro atoms. The Kier molecular flexibility index (Phi) is 7.46. The molecule has 0 saturated heterocycles. The maximum absolute atomic E-state index is 12.4. The van der Waals surface area contributed by atoms with Crippen LogP contribution in [0, 0.1) is 0 Å². The number of esters is 1. The molecule has 0 unspecified atom stereocenters. The molecule has 1 N–H and O–H groups in total. The van der Waals surface area contributed by atoms with Crippen molar-refractivity contribution < 1.29 is 19.1 Å². The molecule has 150 valence electrons. The first-order valence-electron chi connectivity index (χ1n) is 9.29. The first-order valence-corrected chi connectivity index (χ1v) is 9.67. The Morgan fingerprint density at radius 1 is 1.00 bits per heavy atom. The number of hydrogen-bond acceptors (Lipinski definition) is 4. The van der Waals surface area contributed by atoms with Crippen LogP contribution in [-0.4, -0.2) is 24.1 Å². The summed E-state index contributed by atoms with van der Waals surface area (Å²) in [5.41, 5.74) is 1.64. The fourth-order valence-electron chi connectivity index (χ4n) is 2.72. The van der Waals surface area contributed by atoms with Gasteiger partial charge < -0.3 is 14.8 Å². The summed E-state index contributed by atoms with van der Waals surface area (Å²) in [6.07, 6.45) is 1.59. The van der Waals surface area contributed by atoms with Crippen molar-refractivity contribution in [2.75, 3.05) is 11.9 Å². The number of anilines is 1. The minimum absolute atomic E-state index is 0.382. The molecule has 5 nitrogen and oxygen atoms in total. The van der Waals surface area contributed by atoms with E-state index in [2.05, 4.69) is 5.32 Å². The summed E-state index contributed by atoms with van der Waals surface area (Å²) in [6, 6.07) is 12.6. The summed E-state index contributed by atoms with van der Waals surface area (Å²) in [7, 11) is 0. The third-order valence-electron chi connectivity index (χ3n) is 4.28. The summed E-state index contributed by atoms with van der Waals surface area (Å²) in [5.74, 6) is -0.524. The Morgan fingerprint density at radius 3 is 2.11 bits per heavy atom. The number of aryl methyl sites for hydroxylation is 2. The van der Waals surface area contributed by atoms with Crippen LogP contribution in [0.15, 0.2) is 42.5 Å². The number of carbonyl (C=O) groups is 2. The topological polar surface area (TPSA) is 64.6 Å². The summed E-state index contributed by atoms with van der Waals surface area (Å²) in [4.78, 5) is 24.7. The molecule has 2 rings (SSSR count). The lowest BCUT2D eigenvalue weighted by Gasteiger charge is -2.24. The normalized spacial score (nSPS) is 11.0. The highest BCUT2D eigenvalue weighted by Gasteiger charge is 2.32. The predicted octanol–water partition coefficient (Wildman–Crippen LogP) is 4.80. The van der Waals surface area contributed by atoms with E-state index in [-0.39, 0.29) is 12.5 Å². The van der Waals surface area contributed by atoms with Crippen LogP contribution in [0.25, 0.3) is 0 Å². The van der Waals surface area contributed by atoms with E-state index in [0.717, 1.165) is 29.7 Å². The molecule has 2 aromatic carbocycles. The first kappa shape index (κ1) is 21.8. The smallest absolute Gasteiger partial charge is 0.350 e. The Hall–Kier alpha value is -2.53. The van der Waals surface area contributed by atoms with E-state index in [1.807, 2.05) is 32.0 Å². The number of halogens is 1. The average Bonchev–Trinajstić information content (AvgIpc) is 2.67. The van der Waals surface area contributed by atoms with Crippen LogP contribution in [0.2, 0.25) is 5.02 Å². The van der Waals surface area contributed by atoms with Crippen molar-refractivity contribution in [2.45, 2.75) is 46.1 Å². The standard InChI is InChI=1S/C22H26ClNO4/c1-5-15-8-7-9-16(6-2)20(15)24-19(25)14-27-21(26)22(3,4)28-18-12-10-17(23)11-13-18/h7-13H,5-6,14H2,1-4H3,(H,24,25). The van der Waals surface area contributed by atoms with E-state index < -0.39 is 11.6 Å². The van der Waals surface area contributed by atoms with E-state index in [0.29, 0.717) is 10.8 Å². The van der Waals surface area contributed by atoms with E-state index >= 15 is 0 Å². The molecule has 0 radical (unpaired) electrons. The van der Waals surface area contributed by atoms with Crippen molar-refractivity contribution in [1.29, 1.82) is 0 Å². The zero-order valence-electron chi connectivity index (χ0n) is 16.7. The van der Waals surface area contributed by atoms with Gasteiger partial charge in [-0.25, -0.2) is 4.79 Å². The number of amides is 1.